The van der Waals surface area contributed by atoms with Crippen molar-refractivity contribution >= 4 is 21.9 Å². The predicted octanol–water partition coefficient (Wildman–Crippen LogP) is 3.14. The molecule has 0 bridgehead atoms. The summed E-state index contributed by atoms with van der Waals surface area (Å²) in [5.41, 5.74) is 1.04. The van der Waals surface area contributed by atoms with Crippen molar-refractivity contribution in [1.82, 2.24) is 4.98 Å². The van der Waals surface area contributed by atoms with Gasteiger partial charge in [-0.05, 0) is 45.8 Å². The van der Waals surface area contributed by atoms with E-state index in [9.17, 15) is 4.79 Å². The summed E-state index contributed by atoms with van der Waals surface area (Å²) in [7, 11) is 1.59. The van der Waals surface area contributed by atoms with Gasteiger partial charge in [-0.1, -0.05) is 12.1 Å². The molecular weight excluding hydrogens is 326 g/mol. The Morgan fingerprint density at radius 1 is 1.30 bits per heavy atom. The van der Waals surface area contributed by atoms with Gasteiger partial charge < -0.3 is 4.74 Å². The second kappa shape index (κ2) is 7.02. The van der Waals surface area contributed by atoms with Gasteiger partial charge in [-0.2, -0.15) is 4.89 Å². The second-order valence-electron chi connectivity index (χ2n) is 3.82. The Labute approximate surface area is 124 Å². The number of hydrogen-bond acceptors (Lipinski definition) is 5. The van der Waals surface area contributed by atoms with Crippen LogP contribution in [0.1, 0.15) is 16.1 Å². The quantitative estimate of drug-likeness (QED) is 0.619. The number of ether oxygens (including phenoxy) is 1. The van der Waals surface area contributed by atoms with E-state index in [1.54, 1.807) is 31.4 Å². The van der Waals surface area contributed by atoms with E-state index in [0.29, 0.717) is 0 Å². The Bertz CT molecular complexity index is 589. The van der Waals surface area contributed by atoms with E-state index < -0.39 is 5.97 Å². The highest BCUT2D eigenvalue weighted by molar-refractivity contribution is 9.10. The standard InChI is InChI=1S/C14H12BrNO4/c1-18-13-6-5-10(8-11(13)15)9-19-20-14(17)12-4-2-3-7-16-12/h2-8H,9H2,1H3. The van der Waals surface area contributed by atoms with E-state index in [1.165, 1.54) is 6.20 Å². The van der Waals surface area contributed by atoms with E-state index in [1.807, 2.05) is 12.1 Å². The lowest BCUT2D eigenvalue weighted by Crippen LogP contribution is -2.07. The van der Waals surface area contributed by atoms with Crippen LogP contribution in [0.15, 0.2) is 47.1 Å². The molecule has 2 aromatic rings. The molecule has 1 aromatic heterocycles. The Hall–Kier alpha value is -1.92. The molecule has 0 unspecified atom stereocenters. The fourth-order valence-corrected chi connectivity index (χ4v) is 2.06. The van der Waals surface area contributed by atoms with Crippen LogP contribution in [0.5, 0.6) is 5.75 Å². The largest absolute Gasteiger partial charge is 0.496 e. The highest BCUT2D eigenvalue weighted by Crippen LogP contribution is 2.25. The van der Waals surface area contributed by atoms with Crippen molar-refractivity contribution in [2.75, 3.05) is 7.11 Å². The van der Waals surface area contributed by atoms with Gasteiger partial charge in [0.25, 0.3) is 0 Å². The molecule has 0 atom stereocenters. The molecule has 20 heavy (non-hydrogen) atoms. The monoisotopic (exact) mass is 337 g/mol. The van der Waals surface area contributed by atoms with Crippen LogP contribution in [0, 0.1) is 0 Å². The Balaban J connectivity index is 1.87. The third-order valence-electron chi connectivity index (χ3n) is 2.45. The summed E-state index contributed by atoms with van der Waals surface area (Å²) >= 11 is 3.37. The van der Waals surface area contributed by atoms with Crippen LogP contribution in [0.4, 0.5) is 0 Å². The van der Waals surface area contributed by atoms with E-state index in [4.69, 9.17) is 9.62 Å². The Morgan fingerprint density at radius 2 is 2.15 bits per heavy atom. The highest BCUT2D eigenvalue weighted by Gasteiger charge is 2.09. The third kappa shape index (κ3) is 3.79. The topological polar surface area (TPSA) is 57.7 Å². The maximum atomic E-state index is 11.6. The van der Waals surface area contributed by atoms with Gasteiger partial charge in [0, 0.05) is 6.20 Å². The highest BCUT2D eigenvalue weighted by atomic mass is 79.9. The van der Waals surface area contributed by atoms with Crippen LogP contribution in [0.2, 0.25) is 0 Å². The van der Waals surface area contributed by atoms with Crippen LogP contribution in [0.3, 0.4) is 0 Å². The summed E-state index contributed by atoms with van der Waals surface area (Å²) in [6.07, 6.45) is 1.51. The van der Waals surface area contributed by atoms with Gasteiger partial charge in [-0.3, -0.25) is 4.89 Å². The molecule has 0 amide bonds. The smallest absolute Gasteiger partial charge is 0.391 e. The average molecular weight is 338 g/mol. The van der Waals surface area contributed by atoms with Crippen LogP contribution in [-0.4, -0.2) is 18.1 Å². The number of carbonyl (C=O) groups is 1. The van der Waals surface area contributed by atoms with E-state index in [0.717, 1.165) is 15.8 Å². The van der Waals surface area contributed by atoms with E-state index in [2.05, 4.69) is 25.8 Å². The molecular formula is C14H12BrNO4. The molecule has 5 nitrogen and oxygen atoms in total. The number of benzene rings is 1. The summed E-state index contributed by atoms with van der Waals surface area (Å²) in [4.78, 5) is 25.0. The number of aromatic nitrogens is 1. The number of hydrogen-bond donors (Lipinski definition) is 0. The van der Waals surface area contributed by atoms with Gasteiger partial charge in [-0.25, -0.2) is 9.78 Å². The Morgan fingerprint density at radius 3 is 2.80 bits per heavy atom. The molecule has 0 N–H and O–H groups in total. The number of nitrogens with zero attached hydrogens (tertiary/aromatic N) is 1. The lowest BCUT2D eigenvalue weighted by molar-refractivity contribution is -0.250. The minimum atomic E-state index is -0.627. The first-order valence-electron chi connectivity index (χ1n) is 5.78. The molecule has 1 heterocycles. The molecule has 1 aromatic carbocycles. The summed E-state index contributed by atoms with van der Waals surface area (Å²) < 4.78 is 5.92. The average Bonchev–Trinajstić information content (AvgIpc) is 2.48. The summed E-state index contributed by atoms with van der Waals surface area (Å²) in [6, 6.07) is 10.4. The molecule has 0 saturated heterocycles. The first-order chi connectivity index (χ1) is 9.70. The molecule has 0 aliphatic carbocycles. The zero-order chi connectivity index (χ0) is 14.4. The first-order valence-corrected chi connectivity index (χ1v) is 6.57. The second-order valence-corrected chi connectivity index (χ2v) is 4.67. The van der Waals surface area contributed by atoms with Gasteiger partial charge in [0.15, 0.2) is 5.69 Å². The van der Waals surface area contributed by atoms with Gasteiger partial charge in [0.1, 0.15) is 12.4 Å². The number of carbonyl (C=O) groups excluding carboxylic acids is 1. The van der Waals surface area contributed by atoms with Crippen molar-refractivity contribution in [2.45, 2.75) is 6.61 Å². The SMILES string of the molecule is COc1ccc(COOC(=O)c2ccccn2)cc1Br. The van der Waals surface area contributed by atoms with Crippen LogP contribution in [-0.2, 0) is 16.4 Å². The lowest BCUT2D eigenvalue weighted by Gasteiger charge is -2.06. The maximum Gasteiger partial charge on any atom is 0.391 e. The number of rotatable bonds is 5. The van der Waals surface area contributed by atoms with Gasteiger partial charge >= 0.3 is 5.97 Å². The summed E-state index contributed by atoms with van der Waals surface area (Å²) in [5, 5.41) is 0. The van der Waals surface area contributed by atoms with Crippen molar-refractivity contribution in [3.63, 3.8) is 0 Å². The van der Waals surface area contributed by atoms with Crippen molar-refractivity contribution in [1.29, 1.82) is 0 Å². The fraction of sp³-hybridized carbons (Fsp3) is 0.143. The Kier molecular flexibility index (Phi) is 5.09. The minimum Gasteiger partial charge on any atom is -0.496 e. The number of halogens is 1. The molecule has 0 radical (unpaired) electrons. The van der Waals surface area contributed by atoms with Crippen LogP contribution >= 0.6 is 15.9 Å². The van der Waals surface area contributed by atoms with Gasteiger partial charge in [0.05, 0.1) is 11.6 Å². The van der Waals surface area contributed by atoms with Crippen LogP contribution < -0.4 is 4.74 Å². The summed E-state index contributed by atoms with van der Waals surface area (Å²) in [6.45, 7) is 0.140. The maximum absolute atomic E-state index is 11.6. The van der Waals surface area contributed by atoms with Crippen LogP contribution in [0.25, 0.3) is 0 Å². The molecule has 6 heteroatoms. The summed E-state index contributed by atoms with van der Waals surface area (Å²) in [5.74, 6) is 0.0948. The van der Waals surface area contributed by atoms with Crippen molar-refractivity contribution in [2.24, 2.45) is 0 Å². The number of pyridine rings is 1. The molecule has 2 rings (SSSR count). The minimum absolute atomic E-state index is 0.140. The normalized spacial score (nSPS) is 10.1. The van der Waals surface area contributed by atoms with Crippen molar-refractivity contribution < 1.29 is 19.3 Å². The van der Waals surface area contributed by atoms with Gasteiger partial charge in [0.2, 0.25) is 0 Å². The molecule has 0 aliphatic rings. The van der Waals surface area contributed by atoms with Crippen molar-refractivity contribution in [3.8, 4) is 5.75 Å². The lowest BCUT2D eigenvalue weighted by atomic mass is 10.2. The zero-order valence-corrected chi connectivity index (χ0v) is 12.3. The predicted molar refractivity (Wildman–Crippen MR) is 75.1 cm³/mol. The van der Waals surface area contributed by atoms with Crippen molar-refractivity contribution in [3.05, 3.63) is 58.3 Å². The van der Waals surface area contributed by atoms with E-state index in [-0.39, 0.29) is 12.3 Å². The third-order valence-corrected chi connectivity index (χ3v) is 3.07. The zero-order valence-electron chi connectivity index (χ0n) is 10.7. The molecule has 0 spiro atoms. The van der Waals surface area contributed by atoms with E-state index >= 15 is 0 Å². The molecule has 0 saturated carbocycles. The number of methoxy groups -OCH3 is 1. The fourth-order valence-electron chi connectivity index (χ4n) is 1.48. The molecule has 0 aliphatic heterocycles. The van der Waals surface area contributed by atoms with Gasteiger partial charge in [-0.15, -0.1) is 0 Å². The first kappa shape index (κ1) is 14.5. The molecule has 0 fully saturated rings. The molecule has 104 valence electrons.